The smallest absolute Gasteiger partial charge is 0.306 e. The van der Waals surface area contributed by atoms with Crippen molar-refractivity contribution in [1.82, 2.24) is 0 Å². The number of halogens is 2. The molecule has 1 N–H and O–H groups in total. The molecule has 0 saturated heterocycles. The largest absolute Gasteiger partial charge is 0.481 e. The van der Waals surface area contributed by atoms with Crippen LogP contribution in [-0.2, 0) is 4.79 Å². The number of hydrogen-bond acceptors (Lipinski definition) is 1. The number of hydrogen-bond donors (Lipinski definition) is 1. The predicted molar refractivity (Wildman–Crippen MR) is 63.9 cm³/mol. The lowest BCUT2D eigenvalue weighted by molar-refractivity contribution is -0.141. The van der Waals surface area contributed by atoms with Crippen molar-refractivity contribution >= 4 is 37.8 Å². The number of aliphatic carboxylic acids is 1. The molecule has 0 aromatic rings. The van der Waals surface area contributed by atoms with Gasteiger partial charge in [0, 0.05) is 0 Å². The molecular formula is C10H16Br2O2. The Labute approximate surface area is 102 Å². The highest BCUT2D eigenvalue weighted by Gasteiger charge is 2.47. The third-order valence-corrected chi connectivity index (χ3v) is 5.34. The zero-order chi connectivity index (χ0) is 10.9. The quantitative estimate of drug-likeness (QED) is 0.804. The summed E-state index contributed by atoms with van der Waals surface area (Å²) in [5, 5.41) is 8.98. The van der Waals surface area contributed by atoms with E-state index in [4.69, 9.17) is 5.11 Å². The van der Waals surface area contributed by atoms with Crippen LogP contribution in [0.4, 0.5) is 0 Å². The Morgan fingerprint density at radius 2 is 2.07 bits per heavy atom. The van der Waals surface area contributed by atoms with E-state index in [1.54, 1.807) is 0 Å². The van der Waals surface area contributed by atoms with E-state index in [2.05, 4.69) is 45.7 Å². The molecule has 2 atom stereocenters. The summed E-state index contributed by atoms with van der Waals surface area (Å²) < 4.78 is 0.215. The molecule has 0 unspecified atom stereocenters. The first-order chi connectivity index (χ1) is 6.40. The van der Waals surface area contributed by atoms with Crippen molar-refractivity contribution in [3.63, 3.8) is 0 Å². The molecule has 0 spiro atoms. The van der Waals surface area contributed by atoms with E-state index in [-0.39, 0.29) is 15.1 Å². The Hall–Kier alpha value is 0.430. The van der Waals surface area contributed by atoms with E-state index >= 15 is 0 Å². The molecule has 1 saturated carbocycles. The minimum absolute atomic E-state index is 0.100. The Balaban J connectivity index is 2.80. The van der Waals surface area contributed by atoms with Gasteiger partial charge in [-0.25, -0.2) is 0 Å². The Morgan fingerprint density at radius 3 is 2.29 bits per heavy atom. The lowest BCUT2D eigenvalue weighted by Gasteiger charge is -2.35. The van der Waals surface area contributed by atoms with Gasteiger partial charge in [-0.1, -0.05) is 45.7 Å². The highest BCUT2D eigenvalue weighted by molar-refractivity contribution is 9.24. The number of rotatable bonds is 3. The number of carbonyl (C=O) groups is 1. The third-order valence-electron chi connectivity index (χ3n) is 3.52. The zero-order valence-corrected chi connectivity index (χ0v) is 11.6. The minimum atomic E-state index is -0.645. The van der Waals surface area contributed by atoms with Crippen molar-refractivity contribution in [2.75, 3.05) is 0 Å². The van der Waals surface area contributed by atoms with Gasteiger partial charge in [-0.15, -0.1) is 0 Å². The van der Waals surface area contributed by atoms with Crippen LogP contribution >= 0.6 is 31.9 Å². The molecule has 0 aromatic heterocycles. The van der Waals surface area contributed by atoms with E-state index in [0.29, 0.717) is 5.92 Å². The van der Waals surface area contributed by atoms with E-state index in [9.17, 15) is 4.79 Å². The molecule has 0 heterocycles. The van der Waals surface area contributed by atoms with Crippen LogP contribution in [0.1, 0.15) is 33.1 Å². The second-order valence-electron chi connectivity index (χ2n) is 4.47. The number of alkyl halides is 2. The van der Waals surface area contributed by atoms with Gasteiger partial charge in [-0.3, -0.25) is 4.79 Å². The van der Waals surface area contributed by atoms with Crippen LogP contribution in [0.25, 0.3) is 0 Å². The fraction of sp³-hybridized carbons (Fsp3) is 0.900. The normalized spacial score (nSPS) is 32.9. The average Bonchev–Trinajstić information content (AvgIpc) is 2.48. The maximum Gasteiger partial charge on any atom is 0.306 e. The maximum absolute atomic E-state index is 10.9. The second-order valence-corrected chi connectivity index (χ2v) is 7.53. The van der Waals surface area contributed by atoms with Crippen LogP contribution < -0.4 is 0 Å². The van der Waals surface area contributed by atoms with Gasteiger partial charge in [0.25, 0.3) is 0 Å². The first kappa shape index (κ1) is 12.5. The molecule has 0 amide bonds. The molecule has 1 aliphatic carbocycles. The van der Waals surface area contributed by atoms with E-state index < -0.39 is 5.97 Å². The first-order valence-corrected chi connectivity index (χ1v) is 6.74. The van der Waals surface area contributed by atoms with E-state index in [0.717, 1.165) is 19.3 Å². The van der Waals surface area contributed by atoms with Crippen LogP contribution in [0.15, 0.2) is 0 Å². The van der Waals surface area contributed by atoms with Crippen LogP contribution in [-0.4, -0.2) is 14.8 Å². The van der Waals surface area contributed by atoms with Crippen molar-refractivity contribution in [1.29, 1.82) is 0 Å². The van der Waals surface area contributed by atoms with Crippen molar-refractivity contribution in [2.45, 2.75) is 36.8 Å². The molecular weight excluding hydrogens is 312 g/mol. The Kier molecular flexibility index (Phi) is 4.03. The fourth-order valence-electron chi connectivity index (χ4n) is 2.29. The molecule has 1 aliphatic rings. The van der Waals surface area contributed by atoms with E-state index in [1.165, 1.54) is 0 Å². The highest BCUT2D eigenvalue weighted by Crippen LogP contribution is 2.53. The fourth-order valence-corrected chi connectivity index (χ4v) is 4.18. The van der Waals surface area contributed by atoms with Crippen LogP contribution in [0, 0.1) is 17.3 Å². The summed E-state index contributed by atoms with van der Waals surface area (Å²) in [6.45, 7) is 4.33. The minimum Gasteiger partial charge on any atom is -0.481 e. The standard InChI is InChI=1S/C10H16Br2O2/c1-6(2)10(9(11)12)4-3-7(5-10)8(13)14/h6-7,9H,3-5H2,1-2H3,(H,13,14)/t7-,10-/m0/s1. The summed E-state index contributed by atoms with van der Waals surface area (Å²) in [6, 6.07) is 0. The molecule has 1 rings (SSSR count). The molecule has 4 heteroatoms. The molecule has 0 radical (unpaired) electrons. The monoisotopic (exact) mass is 326 g/mol. The third kappa shape index (κ3) is 2.16. The molecule has 82 valence electrons. The second kappa shape index (κ2) is 4.52. The van der Waals surface area contributed by atoms with Gasteiger partial charge < -0.3 is 5.11 Å². The van der Waals surface area contributed by atoms with E-state index in [1.807, 2.05) is 0 Å². The van der Waals surface area contributed by atoms with Crippen molar-refractivity contribution in [3.05, 3.63) is 0 Å². The van der Waals surface area contributed by atoms with Gasteiger partial charge in [-0.2, -0.15) is 0 Å². The molecule has 14 heavy (non-hydrogen) atoms. The van der Waals surface area contributed by atoms with Crippen LogP contribution in [0.5, 0.6) is 0 Å². The van der Waals surface area contributed by atoms with Crippen molar-refractivity contribution < 1.29 is 9.90 Å². The summed E-state index contributed by atoms with van der Waals surface area (Å²) >= 11 is 7.12. The highest BCUT2D eigenvalue weighted by atomic mass is 79.9. The van der Waals surface area contributed by atoms with Crippen LogP contribution in [0.3, 0.4) is 0 Å². The summed E-state index contributed by atoms with van der Waals surface area (Å²) in [5.41, 5.74) is 0.100. The van der Waals surface area contributed by atoms with Crippen molar-refractivity contribution in [3.8, 4) is 0 Å². The van der Waals surface area contributed by atoms with Crippen molar-refractivity contribution in [2.24, 2.45) is 17.3 Å². The summed E-state index contributed by atoms with van der Waals surface area (Å²) in [5.74, 6) is -0.307. The summed E-state index contributed by atoms with van der Waals surface area (Å²) in [6.07, 6.45) is 2.57. The molecule has 0 aliphatic heterocycles. The zero-order valence-electron chi connectivity index (χ0n) is 8.46. The Bertz CT molecular complexity index is 218. The van der Waals surface area contributed by atoms with Gasteiger partial charge in [0.2, 0.25) is 0 Å². The topological polar surface area (TPSA) is 37.3 Å². The van der Waals surface area contributed by atoms with Gasteiger partial charge in [-0.05, 0) is 30.6 Å². The first-order valence-electron chi connectivity index (χ1n) is 4.91. The predicted octanol–water partition coefficient (Wildman–Crippen LogP) is 3.63. The van der Waals surface area contributed by atoms with Gasteiger partial charge >= 0.3 is 5.97 Å². The molecule has 0 aromatic carbocycles. The van der Waals surface area contributed by atoms with Crippen LogP contribution in [0.2, 0.25) is 0 Å². The molecule has 1 fully saturated rings. The molecule has 2 nitrogen and oxygen atoms in total. The SMILES string of the molecule is CC(C)[C@]1(C(Br)Br)CC[C@H](C(=O)O)C1. The lowest BCUT2D eigenvalue weighted by atomic mass is 9.77. The Morgan fingerprint density at radius 1 is 1.50 bits per heavy atom. The summed E-state index contributed by atoms with van der Waals surface area (Å²) in [4.78, 5) is 10.9. The average molecular weight is 328 g/mol. The summed E-state index contributed by atoms with van der Waals surface area (Å²) in [7, 11) is 0. The lowest BCUT2D eigenvalue weighted by Crippen LogP contribution is -2.31. The molecule has 0 bridgehead atoms. The van der Waals surface area contributed by atoms with Gasteiger partial charge in [0.05, 0.1) is 9.65 Å². The van der Waals surface area contributed by atoms with Gasteiger partial charge in [0.15, 0.2) is 0 Å². The maximum atomic E-state index is 10.9. The number of carboxylic acids is 1. The number of carboxylic acid groups (broad SMARTS) is 1. The van der Waals surface area contributed by atoms with Gasteiger partial charge in [0.1, 0.15) is 0 Å².